The van der Waals surface area contributed by atoms with Gasteiger partial charge in [-0.2, -0.15) is 13.2 Å². The van der Waals surface area contributed by atoms with Crippen molar-refractivity contribution in [2.24, 2.45) is 0 Å². The highest BCUT2D eigenvalue weighted by Gasteiger charge is 2.39. The lowest BCUT2D eigenvalue weighted by Crippen LogP contribution is -2.50. The zero-order valence-corrected chi connectivity index (χ0v) is 17.0. The standard InChI is InChI=1S/C23H25F3N4O/c24-23(25,26)15-30(22(31)21-11-17-6-1-2-9-20(17)29-21)19-8-3-7-18(12-19)28-14-16-5-4-10-27-13-16/h1-2,4-6,9-11,13,18-19,28-29H,3,7-8,12,14-15H2. The molecule has 2 unspecified atom stereocenters. The first-order valence-electron chi connectivity index (χ1n) is 10.5. The molecule has 4 rings (SSSR count). The molecular weight excluding hydrogens is 405 g/mol. The Morgan fingerprint density at radius 2 is 2.03 bits per heavy atom. The van der Waals surface area contributed by atoms with Gasteiger partial charge in [0, 0.05) is 41.9 Å². The fourth-order valence-electron chi connectivity index (χ4n) is 4.30. The lowest BCUT2D eigenvalue weighted by molar-refractivity contribution is -0.146. The molecule has 0 bridgehead atoms. The number of benzene rings is 1. The minimum Gasteiger partial charge on any atom is -0.351 e. The molecule has 1 saturated carbocycles. The summed E-state index contributed by atoms with van der Waals surface area (Å²) >= 11 is 0. The van der Waals surface area contributed by atoms with Gasteiger partial charge in [0.15, 0.2) is 0 Å². The second kappa shape index (κ2) is 9.09. The van der Waals surface area contributed by atoms with Crippen LogP contribution in [-0.2, 0) is 6.54 Å². The van der Waals surface area contributed by atoms with Gasteiger partial charge in [0.25, 0.3) is 5.91 Å². The Kier molecular flexibility index (Phi) is 6.27. The number of halogens is 3. The minimum atomic E-state index is -4.46. The van der Waals surface area contributed by atoms with Gasteiger partial charge < -0.3 is 15.2 Å². The number of pyridine rings is 1. The summed E-state index contributed by atoms with van der Waals surface area (Å²) in [7, 11) is 0. The number of carbonyl (C=O) groups is 1. The van der Waals surface area contributed by atoms with Gasteiger partial charge >= 0.3 is 6.18 Å². The van der Waals surface area contributed by atoms with Gasteiger partial charge in [0.05, 0.1) is 0 Å². The summed E-state index contributed by atoms with van der Waals surface area (Å²) in [6.07, 6.45) is 1.70. The molecule has 3 aromatic rings. The number of alkyl halides is 3. The van der Waals surface area contributed by atoms with Crippen LogP contribution in [0.2, 0.25) is 0 Å². The van der Waals surface area contributed by atoms with Crippen molar-refractivity contribution >= 4 is 16.8 Å². The van der Waals surface area contributed by atoms with E-state index in [1.165, 1.54) is 0 Å². The smallest absolute Gasteiger partial charge is 0.351 e. The molecule has 0 aliphatic heterocycles. The van der Waals surface area contributed by atoms with E-state index in [2.05, 4.69) is 15.3 Å². The molecule has 164 valence electrons. The number of rotatable bonds is 6. The molecule has 1 aliphatic rings. The monoisotopic (exact) mass is 430 g/mol. The molecule has 2 aromatic heterocycles. The second-order valence-electron chi connectivity index (χ2n) is 8.08. The van der Waals surface area contributed by atoms with Crippen LogP contribution >= 0.6 is 0 Å². The normalized spacial score (nSPS) is 19.5. The van der Waals surface area contributed by atoms with Gasteiger partial charge in [-0.25, -0.2) is 0 Å². The molecule has 1 fully saturated rings. The predicted molar refractivity (Wildman–Crippen MR) is 113 cm³/mol. The molecule has 1 amide bonds. The van der Waals surface area contributed by atoms with Crippen molar-refractivity contribution in [2.45, 2.75) is 50.5 Å². The number of fused-ring (bicyclic) bond motifs is 1. The summed E-state index contributed by atoms with van der Waals surface area (Å²) in [5.74, 6) is -0.605. The van der Waals surface area contributed by atoms with Gasteiger partial charge in [0.1, 0.15) is 12.2 Å². The van der Waals surface area contributed by atoms with Crippen LogP contribution in [-0.4, -0.2) is 45.6 Å². The Hall–Kier alpha value is -2.87. The fraction of sp³-hybridized carbons (Fsp3) is 0.391. The summed E-state index contributed by atoms with van der Waals surface area (Å²) in [4.78, 5) is 21.2. The van der Waals surface area contributed by atoms with Gasteiger partial charge in [-0.05, 0) is 49.4 Å². The maximum atomic E-state index is 13.4. The number of amides is 1. The Bertz CT molecular complexity index is 985. The Balaban J connectivity index is 1.50. The third-order valence-corrected chi connectivity index (χ3v) is 5.78. The zero-order chi connectivity index (χ0) is 21.8. The van der Waals surface area contributed by atoms with Gasteiger partial charge in [-0.1, -0.05) is 24.3 Å². The van der Waals surface area contributed by atoms with Crippen LogP contribution in [0.5, 0.6) is 0 Å². The summed E-state index contributed by atoms with van der Waals surface area (Å²) in [5.41, 5.74) is 1.94. The number of nitrogens with one attached hydrogen (secondary N) is 2. The molecule has 8 heteroatoms. The second-order valence-corrected chi connectivity index (χ2v) is 8.08. The number of carbonyl (C=O) groups excluding carboxylic acids is 1. The number of nitrogens with zero attached hydrogens (tertiary/aromatic N) is 2. The minimum absolute atomic E-state index is 0.0465. The predicted octanol–water partition coefficient (Wildman–Crippen LogP) is 4.67. The lowest BCUT2D eigenvalue weighted by Gasteiger charge is -2.38. The number of hydrogen-bond donors (Lipinski definition) is 2. The van der Waals surface area contributed by atoms with Crippen LogP contribution in [0.4, 0.5) is 13.2 Å². The van der Waals surface area contributed by atoms with Crippen LogP contribution in [0.25, 0.3) is 10.9 Å². The first-order valence-corrected chi connectivity index (χ1v) is 10.5. The molecule has 2 atom stereocenters. The maximum Gasteiger partial charge on any atom is 0.406 e. The summed E-state index contributed by atoms with van der Waals surface area (Å²) in [6.45, 7) is -0.651. The molecule has 0 spiro atoms. The average molecular weight is 430 g/mol. The van der Waals surface area contributed by atoms with Crippen molar-refractivity contribution in [1.29, 1.82) is 0 Å². The Morgan fingerprint density at radius 1 is 1.19 bits per heavy atom. The largest absolute Gasteiger partial charge is 0.406 e. The topological polar surface area (TPSA) is 61.0 Å². The van der Waals surface area contributed by atoms with E-state index in [4.69, 9.17) is 0 Å². The molecule has 2 heterocycles. The molecular formula is C23H25F3N4O. The Labute approximate surface area is 178 Å². The van der Waals surface area contributed by atoms with Crippen molar-refractivity contribution in [3.05, 3.63) is 66.1 Å². The first-order chi connectivity index (χ1) is 14.9. The molecule has 5 nitrogen and oxygen atoms in total. The number of aromatic amines is 1. The quantitative estimate of drug-likeness (QED) is 0.598. The number of H-pyrrole nitrogens is 1. The zero-order valence-electron chi connectivity index (χ0n) is 17.0. The average Bonchev–Trinajstić information content (AvgIpc) is 3.20. The molecule has 31 heavy (non-hydrogen) atoms. The van der Waals surface area contributed by atoms with Crippen LogP contribution in [0, 0.1) is 0 Å². The summed E-state index contributed by atoms with van der Waals surface area (Å²) in [6, 6.07) is 12.3. The van der Waals surface area contributed by atoms with Gasteiger partial charge in [0.2, 0.25) is 0 Å². The van der Waals surface area contributed by atoms with E-state index in [0.717, 1.165) is 34.2 Å². The van der Waals surface area contributed by atoms with Crippen LogP contribution in [0.3, 0.4) is 0 Å². The van der Waals surface area contributed by atoms with Gasteiger partial charge in [-0.3, -0.25) is 9.78 Å². The van der Waals surface area contributed by atoms with E-state index in [1.807, 2.05) is 30.3 Å². The SMILES string of the molecule is O=C(c1cc2ccccc2[nH]1)N(CC(F)(F)F)C1CCCC(NCc2cccnc2)C1. The van der Waals surface area contributed by atoms with Crippen molar-refractivity contribution in [3.63, 3.8) is 0 Å². The highest BCUT2D eigenvalue weighted by atomic mass is 19.4. The van der Waals surface area contributed by atoms with Crippen molar-refractivity contribution in [2.75, 3.05) is 6.54 Å². The Morgan fingerprint density at radius 3 is 2.77 bits per heavy atom. The van der Waals surface area contributed by atoms with E-state index in [9.17, 15) is 18.0 Å². The first kappa shape index (κ1) is 21.4. The van der Waals surface area contributed by atoms with Gasteiger partial charge in [-0.15, -0.1) is 0 Å². The van der Waals surface area contributed by atoms with Crippen molar-refractivity contribution < 1.29 is 18.0 Å². The molecule has 2 N–H and O–H groups in total. The van der Waals surface area contributed by atoms with Crippen LogP contribution in [0.1, 0.15) is 41.7 Å². The van der Waals surface area contributed by atoms with E-state index < -0.39 is 24.7 Å². The molecule has 0 saturated heterocycles. The van der Waals surface area contributed by atoms with Crippen LogP contribution in [0.15, 0.2) is 54.9 Å². The fourth-order valence-corrected chi connectivity index (χ4v) is 4.30. The third-order valence-electron chi connectivity index (χ3n) is 5.78. The van der Waals surface area contributed by atoms with Crippen molar-refractivity contribution in [1.82, 2.24) is 20.2 Å². The highest BCUT2D eigenvalue weighted by Crippen LogP contribution is 2.29. The lowest BCUT2D eigenvalue weighted by atomic mass is 9.89. The summed E-state index contributed by atoms with van der Waals surface area (Å²) in [5, 5.41) is 4.22. The number of aromatic nitrogens is 2. The molecule has 1 aromatic carbocycles. The van der Waals surface area contributed by atoms with E-state index in [1.54, 1.807) is 24.5 Å². The third kappa shape index (κ3) is 5.44. The number of para-hydroxylation sites is 1. The summed E-state index contributed by atoms with van der Waals surface area (Å²) < 4.78 is 40.1. The highest BCUT2D eigenvalue weighted by molar-refractivity contribution is 5.98. The van der Waals surface area contributed by atoms with E-state index in [-0.39, 0.29) is 11.7 Å². The van der Waals surface area contributed by atoms with E-state index >= 15 is 0 Å². The number of hydrogen-bond acceptors (Lipinski definition) is 3. The molecule has 0 radical (unpaired) electrons. The maximum absolute atomic E-state index is 13.4. The van der Waals surface area contributed by atoms with E-state index in [0.29, 0.717) is 19.4 Å². The molecule has 1 aliphatic carbocycles. The van der Waals surface area contributed by atoms with Crippen molar-refractivity contribution in [3.8, 4) is 0 Å². The van der Waals surface area contributed by atoms with Crippen LogP contribution < -0.4 is 5.32 Å².